The Morgan fingerprint density at radius 2 is 1.91 bits per heavy atom. The van der Waals surface area contributed by atoms with Crippen molar-refractivity contribution in [3.8, 4) is 0 Å². The van der Waals surface area contributed by atoms with Gasteiger partial charge in [0.1, 0.15) is 5.60 Å². The molecule has 0 atom stereocenters. The molecule has 1 N–H and O–H groups in total. The minimum atomic E-state index is -0.611. The molecule has 0 bridgehead atoms. The third-order valence-corrected chi connectivity index (χ3v) is 3.45. The maximum Gasteiger partial charge on any atom is 0.407 e. The quantitative estimate of drug-likeness (QED) is 0.635. The molecule has 0 heterocycles. The molecule has 0 saturated carbocycles. The van der Waals surface area contributed by atoms with E-state index in [1.54, 1.807) is 32.9 Å². The molecule has 0 saturated heterocycles. The van der Waals surface area contributed by atoms with Crippen LogP contribution in [0.4, 0.5) is 10.5 Å². The van der Waals surface area contributed by atoms with Crippen LogP contribution in [0.3, 0.4) is 0 Å². The molecule has 1 aromatic rings. The summed E-state index contributed by atoms with van der Waals surface area (Å²) < 4.78 is 5.81. The molecule has 22 heavy (non-hydrogen) atoms. The second-order valence-electron chi connectivity index (χ2n) is 6.66. The van der Waals surface area contributed by atoms with Crippen molar-refractivity contribution >= 4 is 27.7 Å². The van der Waals surface area contributed by atoms with Gasteiger partial charge in [0, 0.05) is 28.1 Å². The molecule has 0 aromatic heterocycles. The Kier molecular flexibility index (Phi) is 5.56. The van der Waals surface area contributed by atoms with Crippen LogP contribution in [0.25, 0.3) is 0 Å². The molecule has 0 fully saturated rings. The fourth-order valence-corrected chi connectivity index (χ4v) is 2.28. The van der Waals surface area contributed by atoms with E-state index in [4.69, 9.17) is 4.74 Å². The van der Waals surface area contributed by atoms with Gasteiger partial charge in [0.2, 0.25) is 0 Å². The van der Waals surface area contributed by atoms with Gasteiger partial charge in [-0.15, -0.1) is 0 Å². The number of nitro groups is 1. The molecule has 0 aliphatic carbocycles. The number of nitro benzene ring substituents is 1. The van der Waals surface area contributed by atoms with Crippen LogP contribution in [0.2, 0.25) is 0 Å². The van der Waals surface area contributed by atoms with Crippen molar-refractivity contribution in [2.45, 2.75) is 45.6 Å². The van der Waals surface area contributed by atoms with E-state index in [0.29, 0.717) is 10.0 Å². The Labute approximate surface area is 138 Å². The van der Waals surface area contributed by atoms with E-state index in [1.165, 1.54) is 6.07 Å². The molecule has 0 aliphatic heterocycles. The number of benzene rings is 1. The first-order chi connectivity index (χ1) is 9.92. The number of rotatable bonds is 4. The number of amides is 1. The number of nitrogens with zero attached hydrogens (tertiary/aromatic N) is 1. The van der Waals surface area contributed by atoms with E-state index in [2.05, 4.69) is 21.2 Å². The number of hydrogen-bond donors (Lipinski definition) is 1. The van der Waals surface area contributed by atoms with Crippen molar-refractivity contribution in [1.82, 2.24) is 5.32 Å². The van der Waals surface area contributed by atoms with Crippen molar-refractivity contribution in [3.63, 3.8) is 0 Å². The highest BCUT2D eigenvalue weighted by Crippen LogP contribution is 2.33. The highest BCUT2D eigenvalue weighted by molar-refractivity contribution is 9.10. The van der Waals surface area contributed by atoms with Crippen LogP contribution in [-0.2, 0) is 10.2 Å². The minimum Gasteiger partial charge on any atom is -0.444 e. The lowest BCUT2D eigenvalue weighted by Crippen LogP contribution is -2.40. The van der Waals surface area contributed by atoms with Crippen LogP contribution in [-0.4, -0.2) is 23.2 Å². The first-order valence-corrected chi connectivity index (χ1v) is 7.63. The molecule has 1 rings (SSSR count). The normalized spacial score (nSPS) is 11.9. The maximum absolute atomic E-state index is 11.7. The predicted molar refractivity (Wildman–Crippen MR) is 88.1 cm³/mol. The number of halogens is 1. The molecule has 7 heteroatoms. The van der Waals surface area contributed by atoms with Crippen LogP contribution in [0.15, 0.2) is 22.7 Å². The summed E-state index contributed by atoms with van der Waals surface area (Å²) in [5.74, 6) is 0. The molecule has 0 radical (unpaired) electrons. The fraction of sp³-hybridized carbons (Fsp3) is 0.533. The van der Waals surface area contributed by atoms with E-state index in [9.17, 15) is 14.9 Å². The van der Waals surface area contributed by atoms with E-state index in [-0.39, 0.29) is 12.2 Å². The first kappa shape index (κ1) is 18.4. The van der Waals surface area contributed by atoms with E-state index >= 15 is 0 Å². The second-order valence-corrected chi connectivity index (χ2v) is 7.57. The van der Waals surface area contributed by atoms with E-state index < -0.39 is 22.0 Å². The molecule has 0 aliphatic rings. The molecule has 0 spiro atoms. The van der Waals surface area contributed by atoms with Gasteiger partial charge in [0.25, 0.3) is 5.69 Å². The summed E-state index contributed by atoms with van der Waals surface area (Å²) in [6.45, 7) is 9.22. The molecule has 1 amide bonds. The number of alkyl carbamates (subject to hydrolysis) is 1. The number of ether oxygens (including phenoxy) is 1. The number of carbonyl (C=O) groups excluding carboxylic acids is 1. The molecule has 1 aromatic carbocycles. The first-order valence-electron chi connectivity index (χ1n) is 6.84. The third kappa shape index (κ3) is 5.29. The molecular formula is C15H21BrN2O4. The van der Waals surface area contributed by atoms with Gasteiger partial charge in [-0.3, -0.25) is 10.1 Å². The highest BCUT2D eigenvalue weighted by Gasteiger charge is 2.30. The summed E-state index contributed by atoms with van der Waals surface area (Å²) >= 11 is 3.23. The Bertz CT molecular complexity index is 579. The topological polar surface area (TPSA) is 81.5 Å². The lowest BCUT2D eigenvalue weighted by Gasteiger charge is -2.27. The lowest BCUT2D eigenvalue weighted by molar-refractivity contribution is -0.386. The van der Waals surface area contributed by atoms with Crippen LogP contribution < -0.4 is 5.32 Å². The van der Waals surface area contributed by atoms with E-state index in [0.717, 1.165) is 0 Å². The zero-order valence-electron chi connectivity index (χ0n) is 13.4. The summed E-state index contributed by atoms with van der Waals surface area (Å²) in [4.78, 5) is 22.5. The van der Waals surface area contributed by atoms with Crippen molar-refractivity contribution in [3.05, 3.63) is 38.3 Å². The summed E-state index contributed by atoms with van der Waals surface area (Å²) in [6, 6.07) is 4.90. The van der Waals surface area contributed by atoms with Crippen LogP contribution in [0.1, 0.15) is 40.2 Å². The van der Waals surface area contributed by atoms with Gasteiger partial charge in [-0.05, 0) is 26.8 Å². The Balaban J connectivity index is 2.91. The summed E-state index contributed by atoms with van der Waals surface area (Å²) in [6.07, 6.45) is -0.541. The molecular weight excluding hydrogens is 352 g/mol. The zero-order chi connectivity index (χ0) is 17.1. The van der Waals surface area contributed by atoms with Crippen LogP contribution in [0, 0.1) is 10.1 Å². The summed E-state index contributed by atoms with van der Waals surface area (Å²) in [5, 5.41) is 13.9. The molecule has 122 valence electrons. The number of carbonyl (C=O) groups is 1. The van der Waals surface area contributed by atoms with Crippen LogP contribution >= 0.6 is 15.9 Å². The van der Waals surface area contributed by atoms with Gasteiger partial charge in [-0.2, -0.15) is 0 Å². The van der Waals surface area contributed by atoms with Crippen LogP contribution in [0.5, 0.6) is 0 Å². The van der Waals surface area contributed by atoms with Crippen molar-refractivity contribution < 1.29 is 14.5 Å². The second kappa shape index (κ2) is 6.64. The van der Waals surface area contributed by atoms with Gasteiger partial charge >= 0.3 is 6.09 Å². The average Bonchev–Trinajstić information content (AvgIpc) is 2.34. The standard InChI is InChI=1S/C15H21BrN2O4/c1-14(2,3)22-13(19)17-9-15(4,5)11-7-6-10(16)8-12(11)18(20)21/h6-8H,9H2,1-5H3,(H,17,19). The molecule has 0 unspecified atom stereocenters. The largest absolute Gasteiger partial charge is 0.444 e. The van der Waals surface area contributed by atoms with Gasteiger partial charge in [0.15, 0.2) is 0 Å². The molecule has 6 nitrogen and oxygen atoms in total. The smallest absolute Gasteiger partial charge is 0.407 e. The Morgan fingerprint density at radius 3 is 2.41 bits per heavy atom. The SMILES string of the molecule is CC(C)(C)OC(=O)NCC(C)(C)c1ccc(Br)cc1[N+](=O)[O-]. The van der Waals surface area contributed by atoms with Crippen molar-refractivity contribution in [2.24, 2.45) is 0 Å². The maximum atomic E-state index is 11.7. The van der Waals surface area contributed by atoms with E-state index in [1.807, 2.05) is 13.8 Å². The summed E-state index contributed by atoms with van der Waals surface area (Å²) in [5.41, 5.74) is -0.625. The average molecular weight is 373 g/mol. The minimum absolute atomic E-state index is 0.0189. The van der Waals surface area contributed by atoms with Gasteiger partial charge < -0.3 is 10.1 Å². The van der Waals surface area contributed by atoms with Crippen molar-refractivity contribution in [1.29, 1.82) is 0 Å². The fourth-order valence-electron chi connectivity index (χ4n) is 1.93. The highest BCUT2D eigenvalue weighted by atomic mass is 79.9. The number of nitrogens with one attached hydrogen (secondary N) is 1. The van der Waals surface area contributed by atoms with Gasteiger partial charge in [0.05, 0.1) is 4.92 Å². The Hall–Kier alpha value is -1.63. The third-order valence-electron chi connectivity index (χ3n) is 2.96. The summed E-state index contributed by atoms with van der Waals surface area (Å²) in [7, 11) is 0. The van der Waals surface area contributed by atoms with Crippen molar-refractivity contribution in [2.75, 3.05) is 6.54 Å². The lowest BCUT2D eigenvalue weighted by atomic mass is 9.83. The van der Waals surface area contributed by atoms with Gasteiger partial charge in [-0.25, -0.2) is 4.79 Å². The zero-order valence-corrected chi connectivity index (χ0v) is 15.0. The number of hydrogen-bond acceptors (Lipinski definition) is 4. The predicted octanol–water partition coefficient (Wildman–Crippen LogP) is 4.16. The monoisotopic (exact) mass is 372 g/mol. The van der Waals surface area contributed by atoms with Gasteiger partial charge in [-0.1, -0.05) is 35.8 Å². The Morgan fingerprint density at radius 1 is 1.32 bits per heavy atom.